The Morgan fingerprint density at radius 1 is 0.921 bits per heavy atom. The molecule has 7 heteroatoms. The molecule has 0 aliphatic heterocycles. The van der Waals surface area contributed by atoms with Gasteiger partial charge in [0, 0.05) is 6.92 Å². The normalized spacial score (nSPS) is 17.0. The van der Waals surface area contributed by atoms with Crippen LogP contribution in [0.5, 0.6) is 5.75 Å². The van der Waals surface area contributed by atoms with Crippen LogP contribution < -0.4 is 32.0 Å². The summed E-state index contributed by atoms with van der Waals surface area (Å²) in [6.45, 7) is 2.14. The van der Waals surface area contributed by atoms with Crippen LogP contribution in [-0.2, 0) is 21.5 Å². The molecule has 1 fully saturated rings. The van der Waals surface area contributed by atoms with Crippen LogP contribution in [0.2, 0.25) is 0 Å². The standard InChI is InChI=1S/C31H31N3O3.BrH/c1-23-33(22-29(35)37-28-15-9-4-10-16-28)19-20-34(23)27-18-17-26(21-27)31(30(32)36,24-11-5-2-6-12-24)25-13-7-3-8-14-25;/h2-16,19-20,26-27H,17-18,21-22H2,1H3,(H-,32,36);1H. The van der Waals surface area contributed by atoms with E-state index in [-0.39, 0.29) is 47.4 Å². The summed E-state index contributed by atoms with van der Waals surface area (Å²) in [5, 5.41) is 0. The number of hydrogen-bond donors (Lipinski definition) is 1. The second-order valence-electron chi connectivity index (χ2n) is 9.74. The first kappa shape index (κ1) is 27.3. The van der Waals surface area contributed by atoms with Gasteiger partial charge in [0.15, 0.2) is 6.54 Å². The smallest absolute Gasteiger partial charge is 0.353 e. The molecule has 1 amide bonds. The molecule has 1 saturated carbocycles. The molecule has 196 valence electrons. The Morgan fingerprint density at radius 3 is 2.03 bits per heavy atom. The van der Waals surface area contributed by atoms with Crippen LogP contribution in [-0.4, -0.2) is 16.4 Å². The van der Waals surface area contributed by atoms with E-state index in [4.69, 9.17) is 10.5 Å². The van der Waals surface area contributed by atoms with Gasteiger partial charge in [0.25, 0.3) is 5.82 Å². The van der Waals surface area contributed by atoms with E-state index < -0.39 is 5.41 Å². The molecule has 0 radical (unpaired) electrons. The van der Waals surface area contributed by atoms with Crippen molar-refractivity contribution in [3.8, 4) is 5.75 Å². The van der Waals surface area contributed by atoms with Gasteiger partial charge < -0.3 is 27.5 Å². The van der Waals surface area contributed by atoms with Crippen molar-refractivity contribution in [1.29, 1.82) is 0 Å². The van der Waals surface area contributed by atoms with E-state index in [0.717, 1.165) is 36.2 Å². The van der Waals surface area contributed by atoms with Gasteiger partial charge in [-0.2, -0.15) is 0 Å². The fraction of sp³-hybridized carbons (Fsp3) is 0.258. The quantitative estimate of drug-likeness (QED) is 0.197. The molecule has 3 aromatic carbocycles. The summed E-state index contributed by atoms with van der Waals surface area (Å²) < 4.78 is 9.60. The zero-order valence-corrected chi connectivity index (χ0v) is 23.0. The van der Waals surface area contributed by atoms with Crippen LogP contribution in [0.15, 0.2) is 103 Å². The lowest BCUT2D eigenvalue weighted by Gasteiger charge is -2.37. The van der Waals surface area contributed by atoms with Crippen molar-refractivity contribution in [3.63, 3.8) is 0 Å². The van der Waals surface area contributed by atoms with Crippen LogP contribution >= 0.6 is 0 Å². The Balaban J connectivity index is 0.00000336. The largest absolute Gasteiger partial charge is 1.00 e. The van der Waals surface area contributed by atoms with Gasteiger partial charge in [0.05, 0.1) is 0 Å². The lowest BCUT2D eigenvalue weighted by molar-refractivity contribution is -0.691. The zero-order chi connectivity index (χ0) is 25.8. The number of ether oxygens (including phenoxy) is 1. The molecular weight excluding hydrogens is 542 g/mol. The molecule has 0 saturated heterocycles. The summed E-state index contributed by atoms with van der Waals surface area (Å²) in [5.74, 6) is 0.909. The number of nitrogens with zero attached hydrogens (tertiary/aromatic N) is 2. The number of imidazole rings is 1. The van der Waals surface area contributed by atoms with E-state index in [0.29, 0.717) is 5.75 Å². The van der Waals surface area contributed by atoms with Gasteiger partial charge >= 0.3 is 5.97 Å². The average Bonchev–Trinajstić information content (AvgIpc) is 3.53. The number of halogens is 1. The summed E-state index contributed by atoms with van der Waals surface area (Å²) in [7, 11) is 0. The average molecular weight is 575 g/mol. The first-order valence-electron chi connectivity index (χ1n) is 12.7. The zero-order valence-electron chi connectivity index (χ0n) is 21.4. The van der Waals surface area contributed by atoms with Gasteiger partial charge in [-0.3, -0.25) is 4.79 Å². The fourth-order valence-electron chi connectivity index (χ4n) is 5.99. The number of carbonyl (C=O) groups excluding carboxylic acids is 2. The van der Waals surface area contributed by atoms with Crippen LogP contribution in [0.25, 0.3) is 0 Å². The molecule has 4 aromatic rings. The molecule has 1 aromatic heterocycles. The van der Waals surface area contributed by atoms with E-state index in [9.17, 15) is 9.59 Å². The van der Waals surface area contributed by atoms with Gasteiger partial charge in [-0.25, -0.2) is 13.9 Å². The van der Waals surface area contributed by atoms with Crippen LogP contribution in [0.1, 0.15) is 42.3 Å². The number of para-hydroxylation sites is 1. The van der Waals surface area contributed by atoms with Crippen molar-refractivity contribution >= 4 is 11.9 Å². The minimum absolute atomic E-state index is 0. The van der Waals surface area contributed by atoms with Crippen LogP contribution in [0.4, 0.5) is 0 Å². The van der Waals surface area contributed by atoms with Gasteiger partial charge in [-0.15, -0.1) is 0 Å². The number of rotatable bonds is 8. The lowest BCUT2D eigenvalue weighted by atomic mass is 9.64. The third kappa shape index (κ3) is 5.16. The molecule has 0 bridgehead atoms. The highest BCUT2D eigenvalue weighted by Gasteiger charge is 2.51. The number of amides is 1. The molecule has 1 heterocycles. The maximum Gasteiger partial charge on any atom is 0.353 e. The van der Waals surface area contributed by atoms with E-state index in [2.05, 4.69) is 4.57 Å². The third-order valence-corrected chi connectivity index (χ3v) is 7.73. The molecular formula is C31H32BrN3O3. The maximum atomic E-state index is 13.4. The Kier molecular flexibility index (Phi) is 8.47. The maximum absolute atomic E-state index is 13.4. The van der Waals surface area contributed by atoms with Crippen molar-refractivity contribution in [2.45, 2.75) is 44.2 Å². The number of esters is 1. The van der Waals surface area contributed by atoms with Gasteiger partial charge in [0.2, 0.25) is 5.91 Å². The molecule has 38 heavy (non-hydrogen) atoms. The number of carbonyl (C=O) groups is 2. The highest BCUT2D eigenvalue weighted by Crippen LogP contribution is 2.49. The number of nitrogens with two attached hydrogens (primary N) is 1. The minimum atomic E-state index is -0.909. The SMILES string of the molecule is Cc1n(C2CCC(C(C(N)=O)(c3ccccc3)c3ccccc3)C2)cc[n+]1CC(=O)Oc1ccccc1.[Br-]. The summed E-state index contributed by atoms with van der Waals surface area (Å²) in [4.78, 5) is 25.9. The number of aromatic nitrogens is 2. The second-order valence-corrected chi connectivity index (χ2v) is 9.74. The van der Waals surface area contributed by atoms with E-state index in [1.165, 1.54) is 0 Å². The number of hydrogen-bond acceptors (Lipinski definition) is 3. The summed E-state index contributed by atoms with van der Waals surface area (Å²) >= 11 is 0. The molecule has 1 aliphatic rings. The summed E-state index contributed by atoms with van der Waals surface area (Å²) in [6, 6.07) is 29.1. The molecule has 6 nitrogen and oxygen atoms in total. The second kappa shape index (κ2) is 11.8. The monoisotopic (exact) mass is 573 g/mol. The lowest BCUT2D eigenvalue weighted by Crippen LogP contribution is -3.00. The molecule has 2 N–H and O–H groups in total. The van der Waals surface area contributed by atoms with Gasteiger partial charge in [0.1, 0.15) is 29.6 Å². The van der Waals surface area contributed by atoms with Crippen molar-refractivity contribution in [2.75, 3.05) is 0 Å². The molecule has 0 spiro atoms. The number of benzene rings is 3. The predicted octanol–water partition coefficient (Wildman–Crippen LogP) is 1.51. The predicted molar refractivity (Wildman–Crippen MR) is 141 cm³/mol. The molecule has 2 atom stereocenters. The highest BCUT2D eigenvalue weighted by molar-refractivity contribution is 5.91. The Bertz CT molecular complexity index is 1330. The summed E-state index contributed by atoms with van der Waals surface area (Å²) in [6.07, 6.45) is 6.53. The van der Waals surface area contributed by atoms with Crippen molar-refractivity contribution < 1.29 is 35.9 Å². The highest BCUT2D eigenvalue weighted by atomic mass is 79.9. The molecule has 1 aliphatic carbocycles. The van der Waals surface area contributed by atoms with Crippen molar-refractivity contribution in [1.82, 2.24) is 4.57 Å². The first-order valence-corrected chi connectivity index (χ1v) is 12.7. The molecule has 2 unspecified atom stereocenters. The van der Waals surface area contributed by atoms with Crippen molar-refractivity contribution in [3.05, 3.63) is 120 Å². The van der Waals surface area contributed by atoms with E-state index >= 15 is 0 Å². The molecule has 5 rings (SSSR count). The van der Waals surface area contributed by atoms with Crippen LogP contribution in [0, 0.1) is 12.8 Å². The summed E-state index contributed by atoms with van der Waals surface area (Å²) in [5.41, 5.74) is 7.21. The van der Waals surface area contributed by atoms with E-state index in [1.807, 2.05) is 103 Å². The van der Waals surface area contributed by atoms with Crippen LogP contribution in [0.3, 0.4) is 0 Å². The fourth-order valence-corrected chi connectivity index (χ4v) is 5.99. The van der Waals surface area contributed by atoms with Crippen molar-refractivity contribution in [2.24, 2.45) is 11.7 Å². The Hall–Kier alpha value is -3.71. The topological polar surface area (TPSA) is 78.2 Å². The third-order valence-electron chi connectivity index (χ3n) is 7.73. The minimum Gasteiger partial charge on any atom is -1.00 e. The first-order chi connectivity index (χ1) is 18.0. The van der Waals surface area contributed by atoms with Gasteiger partial charge in [-0.05, 0) is 48.4 Å². The van der Waals surface area contributed by atoms with Gasteiger partial charge in [-0.1, -0.05) is 78.9 Å². The Labute approximate surface area is 233 Å². The Morgan fingerprint density at radius 2 is 1.47 bits per heavy atom. The van der Waals surface area contributed by atoms with E-state index in [1.54, 1.807) is 12.1 Å². The number of primary amides is 1.